The molecule has 0 saturated heterocycles. The molecule has 0 fully saturated rings. The highest BCUT2D eigenvalue weighted by Gasteiger charge is 2.20. The van der Waals surface area contributed by atoms with Crippen LogP contribution >= 0.6 is 31.9 Å². The summed E-state index contributed by atoms with van der Waals surface area (Å²) in [6.45, 7) is 0. The van der Waals surface area contributed by atoms with E-state index in [9.17, 15) is 23.3 Å². The number of carbonyl (C=O) groups is 1. The average molecular weight is 583 g/mol. The molecular weight excluding hydrogens is 570 g/mol. The first-order valence-electron chi connectivity index (χ1n) is 8.74. The highest BCUT2D eigenvalue weighted by atomic mass is 79.9. The van der Waals surface area contributed by atoms with Crippen molar-refractivity contribution in [2.75, 3.05) is 0 Å². The zero-order chi connectivity index (χ0) is 23.3. The van der Waals surface area contributed by atoms with Gasteiger partial charge in [-0.15, -0.1) is 0 Å². The predicted molar refractivity (Wildman–Crippen MR) is 124 cm³/mol. The Morgan fingerprint density at radius 1 is 1.06 bits per heavy atom. The molecule has 0 bridgehead atoms. The maximum Gasteiger partial charge on any atom is 0.339 e. The third-order valence-corrected chi connectivity index (χ3v) is 6.43. The van der Waals surface area contributed by atoms with E-state index in [1.807, 2.05) is 0 Å². The summed E-state index contributed by atoms with van der Waals surface area (Å²) in [5.74, 6) is -0.518. The lowest BCUT2D eigenvalue weighted by atomic mass is 10.2. The monoisotopic (exact) mass is 581 g/mol. The minimum atomic E-state index is -4.27. The van der Waals surface area contributed by atoms with Crippen LogP contribution in [0.4, 0.5) is 5.69 Å². The summed E-state index contributed by atoms with van der Waals surface area (Å²) in [5, 5.41) is 14.6. The molecule has 0 aliphatic rings. The SMILES string of the molecule is O=C(NN=Cc1cc(Br)ccc1OS(=O)(=O)c1ccc([N+](=O)[O-])cc1)c1ccccc1Br. The molecule has 0 heterocycles. The standard InChI is InChI=1S/C20H13Br2N3O6S/c21-14-5-10-19(31-32(29,30)16-8-6-15(7-9-16)25(27)28)13(11-14)12-23-24-20(26)17-3-1-2-4-18(17)22/h1-12H,(H,24,26). The van der Waals surface area contributed by atoms with Crippen molar-refractivity contribution in [3.8, 4) is 5.75 Å². The van der Waals surface area contributed by atoms with Crippen LogP contribution in [0.1, 0.15) is 15.9 Å². The molecule has 3 rings (SSSR count). The first-order chi connectivity index (χ1) is 15.2. The summed E-state index contributed by atoms with van der Waals surface area (Å²) in [6, 6.07) is 15.6. The molecule has 0 radical (unpaired) electrons. The van der Waals surface area contributed by atoms with Crippen molar-refractivity contribution < 1.29 is 22.3 Å². The molecule has 164 valence electrons. The predicted octanol–water partition coefficient (Wildman–Crippen LogP) is 4.65. The molecule has 0 aliphatic heterocycles. The van der Waals surface area contributed by atoms with Gasteiger partial charge in [0.1, 0.15) is 4.90 Å². The van der Waals surface area contributed by atoms with Crippen molar-refractivity contribution in [3.63, 3.8) is 0 Å². The smallest absolute Gasteiger partial charge is 0.339 e. The Morgan fingerprint density at radius 3 is 2.41 bits per heavy atom. The molecule has 0 unspecified atom stereocenters. The maximum atomic E-state index is 12.6. The van der Waals surface area contributed by atoms with Crippen LogP contribution in [0.15, 0.2) is 85.7 Å². The number of nitro groups is 1. The number of benzene rings is 3. The Balaban J connectivity index is 1.81. The molecule has 1 N–H and O–H groups in total. The quantitative estimate of drug-likeness (QED) is 0.187. The van der Waals surface area contributed by atoms with Gasteiger partial charge in [0, 0.05) is 26.6 Å². The van der Waals surface area contributed by atoms with E-state index < -0.39 is 20.9 Å². The number of halogens is 2. The highest BCUT2D eigenvalue weighted by Crippen LogP contribution is 2.26. The van der Waals surface area contributed by atoms with E-state index in [-0.39, 0.29) is 21.9 Å². The molecule has 1 amide bonds. The second kappa shape index (κ2) is 10.0. The summed E-state index contributed by atoms with van der Waals surface area (Å²) in [6.07, 6.45) is 1.24. The number of hydrogen-bond acceptors (Lipinski definition) is 7. The van der Waals surface area contributed by atoms with Gasteiger partial charge in [-0.3, -0.25) is 14.9 Å². The average Bonchev–Trinajstić information content (AvgIpc) is 2.75. The van der Waals surface area contributed by atoms with Crippen molar-refractivity contribution in [1.82, 2.24) is 5.43 Å². The minimum Gasteiger partial charge on any atom is -0.378 e. The van der Waals surface area contributed by atoms with Crippen molar-refractivity contribution in [1.29, 1.82) is 0 Å². The number of non-ortho nitro benzene ring substituents is 1. The molecular formula is C20H13Br2N3O6S. The Labute approximate surface area is 199 Å². The third kappa shape index (κ3) is 5.78. The van der Waals surface area contributed by atoms with Gasteiger partial charge < -0.3 is 4.18 Å². The molecule has 3 aromatic carbocycles. The highest BCUT2D eigenvalue weighted by molar-refractivity contribution is 9.10. The van der Waals surface area contributed by atoms with Crippen LogP contribution in [0.5, 0.6) is 5.75 Å². The van der Waals surface area contributed by atoms with Gasteiger partial charge in [0.25, 0.3) is 11.6 Å². The maximum absolute atomic E-state index is 12.6. The van der Waals surface area contributed by atoms with E-state index in [2.05, 4.69) is 42.4 Å². The number of hydrogen-bond donors (Lipinski definition) is 1. The Bertz CT molecular complexity index is 1310. The second-order valence-corrected chi connectivity index (χ2v) is 9.47. The zero-order valence-electron chi connectivity index (χ0n) is 15.9. The normalized spacial score (nSPS) is 11.3. The van der Waals surface area contributed by atoms with Gasteiger partial charge in [-0.2, -0.15) is 13.5 Å². The largest absolute Gasteiger partial charge is 0.378 e. The summed E-state index contributed by atoms with van der Waals surface area (Å²) >= 11 is 6.56. The Hall–Kier alpha value is -3.09. The van der Waals surface area contributed by atoms with Gasteiger partial charge in [0.05, 0.1) is 16.7 Å². The van der Waals surface area contributed by atoms with E-state index in [0.717, 1.165) is 24.3 Å². The number of rotatable bonds is 7. The number of nitro benzene ring substituents is 1. The lowest BCUT2D eigenvalue weighted by Gasteiger charge is -2.10. The van der Waals surface area contributed by atoms with Gasteiger partial charge in [-0.25, -0.2) is 5.43 Å². The van der Waals surface area contributed by atoms with Crippen LogP contribution in [0.25, 0.3) is 0 Å². The van der Waals surface area contributed by atoms with E-state index in [1.165, 1.54) is 12.3 Å². The van der Waals surface area contributed by atoms with Crippen molar-refractivity contribution in [2.24, 2.45) is 5.10 Å². The number of nitrogens with one attached hydrogen (secondary N) is 1. The van der Waals surface area contributed by atoms with Crippen LogP contribution < -0.4 is 9.61 Å². The summed E-state index contributed by atoms with van der Waals surface area (Å²) < 4.78 is 31.6. The minimum absolute atomic E-state index is 0.0505. The van der Waals surface area contributed by atoms with Gasteiger partial charge in [-0.05, 0) is 58.4 Å². The molecule has 12 heteroatoms. The molecule has 9 nitrogen and oxygen atoms in total. The van der Waals surface area contributed by atoms with Crippen LogP contribution in [-0.2, 0) is 10.1 Å². The molecule has 0 aliphatic carbocycles. The van der Waals surface area contributed by atoms with E-state index in [1.54, 1.807) is 36.4 Å². The van der Waals surface area contributed by atoms with Crippen molar-refractivity contribution in [3.05, 3.63) is 96.9 Å². The summed E-state index contributed by atoms with van der Waals surface area (Å²) in [4.78, 5) is 22.1. The molecule has 3 aromatic rings. The van der Waals surface area contributed by atoms with Gasteiger partial charge in [-0.1, -0.05) is 28.1 Å². The van der Waals surface area contributed by atoms with Crippen LogP contribution in [0.2, 0.25) is 0 Å². The van der Waals surface area contributed by atoms with Crippen LogP contribution in [-0.4, -0.2) is 25.5 Å². The van der Waals surface area contributed by atoms with E-state index in [0.29, 0.717) is 14.5 Å². The topological polar surface area (TPSA) is 128 Å². The van der Waals surface area contributed by atoms with Crippen LogP contribution in [0, 0.1) is 10.1 Å². The molecule has 32 heavy (non-hydrogen) atoms. The molecule has 0 saturated carbocycles. The van der Waals surface area contributed by atoms with Gasteiger partial charge >= 0.3 is 10.1 Å². The summed E-state index contributed by atoms with van der Waals surface area (Å²) in [5.41, 5.74) is 2.75. The Morgan fingerprint density at radius 2 is 1.75 bits per heavy atom. The second-order valence-electron chi connectivity index (χ2n) is 6.15. The number of carbonyl (C=O) groups excluding carboxylic acids is 1. The van der Waals surface area contributed by atoms with Crippen molar-refractivity contribution >= 4 is 59.8 Å². The molecule has 0 aromatic heterocycles. The van der Waals surface area contributed by atoms with E-state index >= 15 is 0 Å². The number of nitrogens with zero attached hydrogens (tertiary/aromatic N) is 2. The fraction of sp³-hybridized carbons (Fsp3) is 0. The fourth-order valence-electron chi connectivity index (χ4n) is 2.46. The molecule has 0 spiro atoms. The van der Waals surface area contributed by atoms with Crippen molar-refractivity contribution in [2.45, 2.75) is 4.90 Å². The lowest BCUT2D eigenvalue weighted by Crippen LogP contribution is -2.18. The first kappa shape index (κ1) is 23.6. The lowest BCUT2D eigenvalue weighted by molar-refractivity contribution is -0.384. The third-order valence-electron chi connectivity index (χ3n) is 4.00. The van der Waals surface area contributed by atoms with Crippen LogP contribution in [0.3, 0.4) is 0 Å². The van der Waals surface area contributed by atoms with E-state index in [4.69, 9.17) is 4.18 Å². The Kier molecular flexibility index (Phi) is 7.38. The first-order valence-corrected chi connectivity index (χ1v) is 11.7. The van der Waals surface area contributed by atoms with Gasteiger partial charge in [0.15, 0.2) is 5.75 Å². The summed E-state index contributed by atoms with van der Waals surface area (Å²) in [7, 11) is -4.27. The fourth-order valence-corrected chi connectivity index (χ4v) is 4.26. The number of amides is 1. The van der Waals surface area contributed by atoms with Gasteiger partial charge in [0.2, 0.25) is 0 Å². The zero-order valence-corrected chi connectivity index (χ0v) is 19.9. The number of hydrazone groups is 1. The molecule has 0 atom stereocenters.